The van der Waals surface area contributed by atoms with Gasteiger partial charge in [0, 0.05) is 36.4 Å². The van der Waals surface area contributed by atoms with Crippen LogP contribution in [0, 0.1) is 28.7 Å². The highest BCUT2D eigenvalue weighted by Gasteiger charge is 2.29. The molecule has 156 valence electrons. The lowest BCUT2D eigenvalue weighted by Crippen LogP contribution is -2.32. The number of methoxy groups -OCH3 is 1. The Morgan fingerprint density at radius 1 is 1.10 bits per heavy atom. The molecular formula is C19H19F4N3O3. The molecule has 0 aliphatic heterocycles. The van der Waals surface area contributed by atoms with Crippen molar-refractivity contribution in [2.24, 2.45) is 5.73 Å². The van der Waals surface area contributed by atoms with E-state index in [-0.39, 0.29) is 17.9 Å². The molecule has 2 rings (SSSR count). The number of benzene rings is 2. The van der Waals surface area contributed by atoms with E-state index >= 15 is 0 Å². The van der Waals surface area contributed by atoms with Crippen molar-refractivity contribution in [2.75, 3.05) is 13.7 Å². The summed E-state index contributed by atoms with van der Waals surface area (Å²) in [6.45, 7) is 0.843. The van der Waals surface area contributed by atoms with Crippen molar-refractivity contribution in [1.82, 2.24) is 5.32 Å². The number of rotatable bonds is 8. The fraction of sp³-hybridized carbons (Fsp3) is 0.263. The second-order valence-corrected chi connectivity index (χ2v) is 5.89. The first kappa shape index (κ1) is 22.2. The SMILES string of the molecule is CCOC(C(=O)NCc1c(F)cc(C(=N)N)cc1F)c1c(F)cc(OC)cc1F. The minimum atomic E-state index is -1.69. The maximum absolute atomic E-state index is 14.3. The monoisotopic (exact) mass is 413 g/mol. The quantitative estimate of drug-likeness (QED) is 0.352. The molecule has 0 bridgehead atoms. The van der Waals surface area contributed by atoms with Gasteiger partial charge >= 0.3 is 0 Å². The lowest BCUT2D eigenvalue weighted by molar-refractivity contribution is -0.133. The van der Waals surface area contributed by atoms with E-state index in [0.29, 0.717) is 0 Å². The topological polar surface area (TPSA) is 97.4 Å². The molecule has 4 N–H and O–H groups in total. The fourth-order valence-corrected chi connectivity index (χ4v) is 2.58. The standard InChI is InChI=1S/C19H19F4N3O3/c1-3-29-17(16-14(22)6-10(28-2)7-15(16)23)19(27)26-8-11-12(20)4-9(18(24)25)5-13(11)21/h4-7,17H,3,8H2,1-2H3,(H3,24,25)(H,26,27). The summed E-state index contributed by atoms with van der Waals surface area (Å²) in [6, 6.07) is 3.46. The highest BCUT2D eigenvalue weighted by Crippen LogP contribution is 2.28. The second kappa shape index (κ2) is 9.37. The minimum Gasteiger partial charge on any atom is -0.497 e. The Morgan fingerprint density at radius 3 is 2.10 bits per heavy atom. The Bertz CT molecular complexity index is 891. The van der Waals surface area contributed by atoms with Crippen LogP contribution in [0.1, 0.15) is 29.7 Å². The highest BCUT2D eigenvalue weighted by atomic mass is 19.1. The maximum atomic E-state index is 14.3. The van der Waals surface area contributed by atoms with E-state index in [4.69, 9.17) is 20.6 Å². The van der Waals surface area contributed by atoms with E-state index in [0.717, 1.165) is 24.3 Å². The van der Waals surface area contributed by atoms with Gasteiger partial charge in [-0.2, -0.15) is 0 Å². The largest absolute Gasteiger partial charge is 0.497 e. The highest BCUT2D eigenvalue weighted by molar-refractivity contribution is 5.95. The van der Waals surface area contributed by atoms with E-state index in [2.05, 4.69) is 5.32 Å². The van der Waals surface area contributed by atoms with Crippen LogP contribution >= 0.6 is 0 Å². The van der Waals surface area contributed by atoms with Gasteiger partial charge in [0.05, 0.1) is 12.7 Å². The first-order valence-corrected chi connectivity index (χ1v) is 8.44. The number of hydrogen-bond donors (Lipinski definition) is 3. The van der Waals surface area contributed by atoms with Gasteiger partial charge in [0.2, 0.25) is 0 Å². The molecule has 1 atom stereocenters. The number of amidine groups is 1. The van der Waals surface area contributed by atoms with Crippen LogP contribution in [0.15, 0.2) is 24.3 Å². The number of hydrogen-bond acceptors (Lipinski definition) is 4. The van der Waals surface area contributed by atoms with Crippen LogP contribution in [0.4, 0.5) is 17.6 Å². The van der Waals surface area contributed by atoms with Crippen LogP contribution in [0.5, 0.6) is 5.75 Å². The van der Waals surface area contributed by atoms with E-state index < -0.39 is 58.8 Å². The van der Waals surface area contributed by atoms with Crippen LogP contribution in [0.2, 0.25) is 0 Å². The minimum absolute atomic E-state index is 0.0565. The van der Waals surface area contributed by atoms with Crippen molar-refractivity contribution < 1.29 is 31.8 Å². The van der Waals surface area contributed by atoms with E-state index in [1.807, 2.05) is 0 Å². The van der Waals surface area contributed by atoms with Gasteiger partial charge in [-0.3, -0.25) is 10.2 Å². The van der Waals surface area contributed by atoms with Gasteiger partial charge in [-0.05, 0) is 19.1 Å². The smallest absolute Gasteiger partial charge is 0.254 e. The van der Waals surface area contributed by atoms with Gasteiger partial charge in [-0.1, -0.05) is 0 Å². The van der Waals surface area contributed by atoms with Gasteiger partial charge in [0.25, 0.3) is 5.91 Å². The number of nitrogens with one attached hydrogen (secondary N) is 2. The van der Waals surface area contributed by atoms with Gasteiger partial charge in [0.1, 0.15) is 34.9 Å². The number of carbonyl (C=O) groups excluding carboxylic acids is 1. The van der Waals surface area contributed by atoms with Crippen molar-refractivity contribution in [1.29, 1.82) is 5.41 Å². The Kier molecular flexibility index (Phi) is 7.16. The lowest BCUT2D eigenvalue weighted by atomic mass is 10.1. The molecule has 1 unspecified atom stereocenters. The summed E-state index contributed by atoms with van der Waals surface area (Å²) >= 11 is 0. The summed E-state index contributed by atoms with van der Waals surface area (Å²) in [5, 5.41) is 9.42. The van der Waals surface area contributed by atoms with Crippen molar-refractivity contribution in [3.05, 3.63) is 64.2 Å². The summed E-state index contributed by atoms with van der Waals surface area (Å²) in [4.78, 5) is 12.5. The van der Waals surface area contributed by atoms with Gasteiger partial charge in [-0.15, -0.1) is 0 Å². The number of amides is 1. The molecule has 0 fully saturated rings. The predicted molar refractivity (Wildman–Crippen MR) is 96.5 cm³/mol. The number of halogens is 4. The molecule has 0 spiro atoms. The zero-order valence-corrected chi connectivity index (χ0v) is 15.6. The molecule has 0 heterocycles. The zero-order chi connectivity index (χ0) is 21.7. The molecule has 0 saturated heterocycles. The van der Waals surface area contributed by atoms with Crippen LogP contribution in [-0.2, 0) is 16.1 Å². The summed E-state index contributed by atoms with van der Waals surface area (Å²) in [7, 11) is 1.22. The van der Waals surface area contributed by atoms with Crippen LogP contribution in [0.25, 0.3) is 0 Å². The predicted octanol–water partition coefficient (Wildman–Crippen LogP) is 2.93. The third kappa shape index (κ3) is 5.02. The van der Waals surface area contributed by atoms with E-state index in [1.54, 1.807) is 0 Å². The molecule has 0 aliphatic rings. The number of carbonyl (C=O) groups is 1. The number of nitrogen functional groups attached to an aromatic ring is 1. The molecule has 0 saturated carbocycles. The Morgan fingerprint density at radius 2 is 1.66 bits per heavy atom. The summed E-state index contributed by atoms with van der Waals surface area (Å²) < 4.78 is 66.7. The van der Waals surface area contributed by atoms with Gasteiger partial charge < -0.3 is 20.5 Å². The van der Waals surface area contributed by atoms with Crippen molar-refractivity contribution in [3.63, 3.8) is 0 Å². The molecule has 0 aliphatic carbocycles. The molecule has 1 amide bonds. The second-order valence-electron chi connectivity index (χ2n) is 5.89. The van der Waals surface area contributed by atoms with Gasteiger partial charge in [0.15, 0.2) is 6.10 Å². The third-order valence-corrected chi connectivity index (χ3v) is 4.01. The summed E-state index contributed by atoms with van der Waals surface area (Å²) in [6.07, 6.45) is -1.69. The average Bonchev–Trinajstić information content (AvgIpc) is 2.65. The normalized spacial score (nSPS) is 11.8. The van der Waals surface area contributed by atoms with E-state index in [9.17, 15) is 22.4 Å². The Balaban J connectivity index is 2.27. The van der Waals surface area contributed by atoms with Crippen LogP contribution < -0.4 is 15.8 Å². The molecule has 0 aromatic heterocycles. The first-order chi connectivity index (χ1) is 13.7. The molecule has 6 nitrogen and oxygen atoms in total. The number of ether oxygens (including phenoxy) is 2. The molecule has 0 radical (unpaired) electrons. The molecule has 10 heteroatoms. The third-order valence-electron chi connectivity index (χ3n) is 4.01. The molecule has 2 aromatic rings. The van der Waals surface area contributed by atoms with Crippen molar-refractivity contribution in [3.8, 4) is 5.75 Å². The fourth-order valence-electron chi connectivity index (χ4n) is 2.58. The van der Waals surface area contributed by atoms with Crippen molar-refractivity contribution >= 4 is 11.7 Å². The van der Waals surface area contributed by atoms with E-state index in [1.165, 1.54) is 14.0 Å². The summed E-state index contributed by atoms with van der Waals surface area (Å²) in [5.41, 5.74) is 3.87. The number of nitrogens with two attached hydrogens (primary N) is 1. The Hall–Kier alpha value is -3.14. The van der Waals surface area contributed by atoms with Gasteiger partial charge in [-0.25, -0.2) is 17.6 Å². The Labute approximate surface area is 164 Å². The maximum Gasteiger partial charge on any atom is 0.254 e. The van der Waals surface area contributed by atoms with Crippen LogP contribution in [-0.4, -0.2) is 25.5 Å². The first-order valence-electron chi connectivity index (χ1n) is 8.44. The molecule has 29 heavy (non-hydrogen) atoms. The average molecular weight is 413 g/mol. The molecular weight excluding hydrogens is 394 g/mol. The van der Waals surface area contributed by atoms with Crippen molar-refractivity contribution in [2.45, 2.75) is 19.6 Å². The summed E-state index contributed by atoms with van der Waals surface area (Å²) in [5.74, 6) is -5.83. The van der Waals surface area contributed by atoms with Crippen LogP contribution in [0.3, 0.4) is 0 Å². The zero-order valence-electron chi connectivity index (χ0n) is 15.6. The molecule has 2 aromatic carbocycles. The lowest BCUT2D eigenvalue weighted by Gasteiger charge is -2.19.